The van der Waals surface area contributed by atoms with E-state index >= 15 is 0 Å². The lowest BCUT2D eigenvalue weighted by molar-refractivity contribution is -0.0138. The van der Waals surface area contributed by atoms with Crippen LogP contribution in [0.3, 0.4) is 0 Å². The van der Waals surface area contributed by atoms with Crippen molar-refractivity contribution in [2.75, 3.05) is 13.1 Å². The lowest BCUT2D eigenvalue weighted by Crippen LogP contribution is -2.60. The molecule has 1 aromatic carbocycles. The largest absolute Gasteiger partial charge is 0.465 e. The minimum absolute atomic E-state index is 0.194. The van der Waals surface area contributed by atoms with Gasteiger partial charge in [-0.2, -0.15) is 0 Å². The van der Waals surface area contributed by atoms with E-state index in [1.165, 1.54) is 36.8 Å². The molecule has 1 spiro atoms. The third-order valence-electron chi connectivity index (χ3n) is 5.47. The Kier molecular flexibility index (Phi) is 4.67. The van der Waals surface area contributed by atoms with Gasteiger partial charge in [-0.05, 0) is 84.0 Å². The second-order valence-corrected chi connectivity index (χ2v) is 9.38. The first-order valence-corrected chi connectivity index (χ1v) is 9.63. The fourth-order valence-electron chi connectivity index (χ4n) is 4.34. The van der Waals surface area contributed by atoms with Crippen LogP contribution in [0, 0.1) is 19.3 Å². The van der Waals surface area contributed by atoms with Gasteiger partial charge in [-0.3, -0.25) is 0 Å². The molecule has 0 unspecified atom stereocenters. The van der Waals surface area contributed by atoms with Crippen LogP contribution in [0.2, 0.25) is 0 Å². The van der Waals surface area contributed by atoms with Gasteiger partial charge in [0.05, 0.1) is 0 Å². The molecule has 3 rings (SSSR count). The summed E-state index contributed by atoms with van der Waals surface area (Å²) in [7, 11) is 0. The van der Waals surface area contributed by atoms with Crippen LogP contribution in [0.25, 0.3) is 0 Å². The molecule has 0 aromatic heterocycles. The van der Waals surface area contributed by atoms with Crippen molar-refractivity contribution in [3.05, 3.63) is 34.9 Å². The van der Waals surface area contributed by atoms with Gasteiger partial charge in [0.2, 0.25) is 0 Å². The van der Waals surface area contributed by atoms with Gasteiger partial charge < -0.3 is 9.64 Å². The van der Waals surface area contributed by atoms with Crippen LogP contribution in [-0.2, 0) is 4.74 Å². The van der Waals surface area contributed by atoms with Crippen molar-refractivity contribution in [1.82, 2.24) is 4.90 Å². The van der Waals surface area contributed by atoms with E-state index in [1.807, 2.05) is 0 Å². The Morgan fingerprint density at radius 2 is 1.62 bits per heavy atom. The maximum atomic E-state index is 5.85. The summed E-state index contributed by atoms with van der Waals surface area (Å²) in [6.07, 6.45) is 5.26. The fraction of sp³-hybridized carbons (Fsp3) is 0.667. The van der Waals surface area contributed by atoms with Crippen LogP contribution in [0.15, 0.2) is 18.2 Å². The molecule has 0 amide bonds. The van der Waals surface area contributed by atoms with Crippen LogP contribution in [0.4, 0.5) is 0 Å². The van der Waals surface area contributed by atoms with Gasteiger partial charge >= 0.3 is 0 Å². The van der Waals surface area contributed by atoms with Crippen molar-refractivity contribution < 1.29 is 4.74 Å². The lowest BCUT2D eigenvalue weighted by atomic mass is 9.65. The number of ether oxygens (including phenoxy) is 1. The van der Waals surface area contributed by atoms with Crippen LogP contribution >= 0.6 is 12.2 Å². The number of aryl methyl sites for hydroxylation is 2. The molecule has 1 heterocycles. The molecule has 1 aliphatic heterocycles. The van der Waals surface area contributed by atoms with Crippen LogP contribution in [0.1, 0.15) is 69.1 Å². The Balaban J connectivity index is 1.54. The van der Waals surface area contributed by atoms with Crippen LogP contribution < -0.4 is 0 Å². The highest BCUT2D eigenvalue weighted by atomic mass is 32.1. The highest BCUT2D eigenvalue weighted by Gasteiger charge is 2.46. The van der Waals surface area contributed by atoms with Gasteiger partial charge in [0.1, 0.15) is 5.60 Å². The first kappa shape index (κ1) is 17.7. The van der Waals surface area contributed by atoms with E-state index in [-0.39, 0.29) is 5.60 Å². The highest BCUT2D eigenvalue weighted by molar-refractivity contribution is 7.80. The monoisotopic (exact) mass is 345 g/mol. The maximum absolute atomic E-state index is 5.85. The Morgan fingerprint density at radius 3 is 2.12 bits per heavy atom. The molecule has 1 aliphatic carbocycles. The molecular formula is C21H31NOS. The zero-order valence-electron chi connectivity index (χ0n) is 15.8. The molecule has 2 fully saturated rings. The number of nitrogens with zero attached hydrogens (tertiary/aromatic N) is 1. The molecule has 24 heavy (non-hydrogen) atoms. The van der Waals surface area contributed by atoms with Crippen LogP contribution in [-0.4, -0.2) is 28.8 Å². The third-order valence-corrected chi connectivity index (χ3v) is 5.81. The van der Waals surface area contributed by atoms with E-state index in [4.69, 9.17) is 17.0 Å². The van der Waals surface area contributed by atoms with Gasteiger partial charge in [0.15, 0.2) is 0 Å². The normalized spacial score (nSPS) is 20.8. The molecule has 2 nitrogen and oxygen atoms in total. The predicted octanol–water partition coefficient (Wildman–Crippen LogP) is 5.36. The SMILES string of the molecule is Cc1cc(C)cc(C2CCC3(CC2)CN(C(=S)OC(C)(C)C)C3)c1. The summed E-state index contributed by atoms with van der Waals surface area (Å²) in [6.45, 7) is 12.8. The average molecular weight is 346 g/mol. The summed E-state index contributed by atoms with van der Waals surface area (Å²) in [6, 6.07) is 7.04. The van der Waals surface area contributed by atoms with Gasteiger partial charge in [-0.1, -0.05) is 29.3 Å². The molecule has 0 radical (unpaired) electrons. The quantitative estimate of drug-likeness (QED) is 0.636. The first-order valence-electron chi connectivity index (χ1n) is 9.22. The summed E-state index contributed by atoms with van der Waals surface area (Å²) < 4.78 is 5.85. The third kappa shape index (κ3) is 3.93. The Bertz CT molecular complexity index is 595. The van der Waals surface area contributed by atoms with Crippen molar-refractivity contribution in [3.63, 3.8) is 0 Å². The number of rotatable bonds is 1. The molecule has 2 aliphatic rings. The Labute approximate surface area is 152 Å². The molecule has 0 N–H and O–H groups in total. The number of thiocarbonyl (C=S) groups is 1. The van der Waals surface area contributed by atoms with E-state index in [0.717, 1.165) is 19.0 Å². The Morgan fingerprint density at radius 1 is 1.08 bits per heavy atom. The second-order valence-electron chi connectivity index (χ2n) is 9.03. The van der Waals surface area contributed by atoms with Gasteiger partial charge in [0, 0.05) is 18.5 Å². The fourth-order valence-corrected chi connectivity index (χ4v) is 4.72. The molecule has 1 saturated heterocycles. The van der Waals surface area contributed by atoms with E-state index in [1.54, 1.807) is 5.56 Å². The molecule has 0 atom stereocenters. The second kappa shape index (κ2) is 6.33. The zero-order chi connectivity index (χ0) is 17.5. The van der Waals surface area contributed by atoms with Gasteiger partial charge in [-0.15, -0.1) is 0 Å². The summed E-state index contributed by atoms with van der Waals surface area (Å²) in [4.78, 5) is 2.25. The van der Waals surface area contributed by atoms with Crippen LogP contribution in [0.5, 0.6) is 0 Å². The highest BCUT2D eigenvalue weighted by Crippen LogP contribution is 2.48. The van der Waals surface area contributed by atoms with E-state index in [9.17, 15) is 0 Å². The molecule has 0 bridgehead atoms. The molecule has 3 heteroatoms. The maximum Gasteiger partial charge on any atom is 0.259 e. The molecule has 132 valence electrons. The summed E-state index contributed by atoms with van der Waals surface area (Å²) in [5.41, 5.74) is 4.63. The summed E-state index contributed by atoms with van der Waals surface area (Å²) in [5, 5.41) is 0.685. The standard InChI is InChI=1S/C21H31NOS/c1-15-10-16(2)12-18(11-15)17-6-8-21(9-7-17)13-22(14-21)19(24)23-20(3,4)5/h10-12,17H,6-9,13-14H2,1-5H3. The van der Waals surface area contributed by atoms with E-state index < -0.39 is 0 Å². The smallest absolute Gasteiger partial charge is 0.259 e. The molecule has 1 saturated carbocycles. The molecule has 1 aromatic rings. The number of likely N-dealkylation sites (tertiary alicyclic amines) is 1. The number of hydrogen-bond acceptors (Lipinski definition) is 2. The van der Waals surface area contributed by atoms with E-state index in [0.29, 0.717) is 10.6 Å². The summed E-state index contributed by atoms with van der Waals surface area (Å²) >= 11 is 5.46. The van der Waals surface area contributed by atoms with E-state index in [2.05, 4.69) is 57.7 Å². The lowest BCUT2D eigenvalue weighted by Gasteiger charge is -2.54. The number of hydrogen-bond donors (Lipinski definition) is 0. The average Bonchev–Trinajstić information content (AvgIpc) is 2.42. The minimum atomic E-state index is -0.194. The topological polar surface area (TPSA) is 12.5 Å². The van der Waals surface area contributed by atoms with Crippen molar-refractivity contribution in [2.24, 2.45) is 5.41 Å². The van der Waals surface area contributed by atoms with Crippen molar-refractivity contribution in [1.29, 1.82) is 0 Å². The van der Waals surface area contributed by atoms with Crippen molar-refractivity contribution in [2.45, 2.75) is 71.8 Å². The Hall–Kier alpha value is -1.09. The number of benzene rings is 1. The van der Waals surface area contributed by atoms with Crippen molar-refractivity contribution >= 4 is 17.4 Å². The summed E-state index contributed by atoms with van der Waals surface area (Å²) in [5.74, 6) is 0.737. The minimum Gasteiger partial charge on any atom is -0.465 e. The first-order chi connectivity index (χ1) is 11.2. The zero-order valence-corrected chi connectivity index (χ0v) is 16.6. The predicted molar refractivity (Wildman–Crippen MR) is 105 cm³/mol. The van der Waals surface area contributed by atoms with Crippen molar-refractivity contribution in [3.8, 4) is 0 Å². The molecular weight excluding hydrogens is 314 g/mol. The van der Waals surface area contributed by atoms with Gasteiger partial charge in [-0.25, -0.2) is 0 Å². The van der Waals surface area contributed by atoms with Gasteiger partial charge in [0.25, 0.3) is 5.17 Å².